The lowest BCUT2D eigenvalue weighted by Gasteiger charge is -2.08. The van der Waals surface area contributed by atoms with Crippen molar-refractivity contribution in [2.75, 3.05) is 5.32 Å². The molecule has 1 amide bonds. The van der Waals surface area contributed by atoms with Gasteiger partial charge in [-0.05, 0) is 37.6 Å². The van der Waals surface area contributed by atoms with Gasteiger partial charge in [-0.25, -0.2) is 0 Å². The van der Waals surface area contributed by atoms with Crippen LogP contribution in [0.5, 0.6) is 0 Å². The first-order valence-corrected chi connectivity index (χ1v) is 8.18. The topological polar surface area (TPSA) is 84.5 Å². The number of anilines is 1. The maximum atomic E-state index is 12.6. The zero-order chi connectivity index (χ0) is 18.0. The fraction of sp³-hybridized carbons (Fsp3) is 0.263. The lowest BCUT2D eigenvalue weighted by atomic mass is 10.1. The molecule has 0 saturated carbocycles. The Labute approximate surface area is 145 Å². The van der Waals surface area contributed by atoms with Gasteiger partial charge in [-0.3, -0.25) is 9.59 Å². The third-order valence-corrected chi connectivity index (χ3v) is 4.08. The number of aliphatic carboxylic acids is 1. The molecule has 0 aliphatic carbocycles. The number of nitrogens with one attached hydrogen (secondary N) is 1. The number of fused-ring (bicyclic) bond motifs is 1. The van der Waals surface area contributed by atoms with Crippen LogP contribution in [0.3, 0.4) is 0 Å². The Bertz CT molecular complexity index is 936. The molecule has 0 spiro atoms. The summed E-state index contributed by atoms with van der Waals surface area (Å²) < 4.78 is 7.39. The molecule has 0 atom stereocenters. The summed E-state index contributed by atoms with van der Waals surface area (Å²) in [6.07, 6.45) is 4.16. The number of carbonyl (C=O) groups is 2. The van der Waals surface area contributed by atoms with E-state index in [1.54, 1.807) is 6.92 Å². The fourth-order valence-corrected chi connectivity index (χ4v) is 2.98. The standard InChI is InChI=1S/C19H20N2O4/c1-3-7-21-8-6-13-9-14(4-5-15(13)21)20-19(24)18-12(2)11-25-16(18)10-17(22)23/h4-6,8-9,11H,3,7,10H2,1-2H3,(H,20,24)(H,22,23). The molecule has 0 fully saturated rings. The number of amides is 1. The maximum absolute atomic E-state index is 12.6. The van der Waals surface area contributed by atoms with Crippen molar-refractivity contribution in [3.63, 3.8) is 0 Å². The number of furan rings is 1. The van der Waals surface area contributed by atoms with E-state index in [2.05, 4.69) is 16.8 Å². The molecule has 0 unspecified atom stereocenters. The van der Waals surface area contributed by atoms with E-state index in [0.29, 0.717) is 11.3 Å². The van der Waals surface area contributed by atoms with Crippen LogP contribution in [-0.4, -0.2) is 21.6 Å². The van der Waals surface area contributed by atoms with Crippen molar-refractivity contribution >= 4 is 28.5 Å². The van der Waals surface area contributed by atoms with Crippen molar-refractivity contribution in [2.24, 2.45) is 0 Å². The molecule has 25 heavy (non-hydrogen) atoms. The first-order valence-electron chi connectivity index (χ1n) is 8.18. The zero-order valence-electron chi connectivity index (χ0n) is 14.2. The summed E-state index contributed by atoms with van der Waals surface area (Å²) >= 11 is 0. The van der Waals surface area contributed by atoms with Crippen LogP contribution < -0.4 is 5.32 Å². The molecule has 2 heterocycles. The molecule has 3 rings (SSSR count). The summed E-state index contributed by atoms with van der Waals surface area (Å²) in [6.45, 7) is 4.79. The Morgan fingerprint density at radius 1 is 1.28 bits per heavy atom. The molecular weight excluding hydrogens is 320 g/mol. The first-order chi connectivity index (χ1) is 12.0. The van der Waals surface area contributed by atoms with E-state index in [1.807, 2.05) is 30.5 Å². The van der Waals surface area contributed by atoms with Gasteiger partial charge in [0.25, 0.3) is 5.91 Å². The van der Waals surface area contributed by atoms with Crippen LogP contribution >= 0.6 is 0 Å². The second kappa shape index (κ2) is 6.84. The maximum Gasteiger partial charge on any atom is 0.311 e. The normalized spacial score (nSPS) is 11.0. The van der Waals surface area contributed by atoms with Crippen LogP contribution in [0, 0.1) is 6.92 Å². The number of carboxylic acids is 1. The number of carboxylic acid groups (broad SMARTS) is 1. The summed E-state index contributed by atoms with van der Waals surface area (Å²) in [4.78, 5) is 23.5. The Morgan fingerprint density at radius 2 is 2.08 bits per heavy atom. The number of aromatic nitrogens is 1. The summed E-state index contributed by atoms with van der Waals surface area (Å²) in [5.41, 5.74) is 2.68. The predicted molar refractivity (Wildman–Crippen MR) is 95.0 cm³/mol. The quantitative estimate of drug-likeness (QED) is 0.714. The summed E-state index contributed by atoms with van der Waals surface area (Å²) in [5.74, 6) is -1.24. The molecule has 2 aromatic heterocycles. The van der Waals surface area contributed by atoms with Gasteiger partial charge in [-0.2, -0.15) is 0 Å². The predicted octanol–water partition coefficient (Wildman–Crippen LogP) is 3.83. The van der Waals surface area contributed by atoms with Crippen molar-refractivity contribution < 1.29 is 19.1 Å². The lowest BCUT2D eigenvalue weighted by Crippen LogP contribution is -2.15. The van der Waals surface area contributed by atoms with Gasteiger partial charge >= 0.3 is 5.97 Å². The number of hydrogen-bond acceptors (Lipinski definition) is 3. The molecule has 0 bridgehead atoms. The van der Waals surface area contributed by atoms with E-state index in [-0.39, 0.29) is 23.7 Å². The summed E-state index contributed by atoms with van der Waals surface area (Å²) in [6, 6.07) is 7.74. The average molecular weight is 340 g/mol. The fourth-order valence-electron chi connectivity index (χ4n) is 2.98. The molecule has 130 valence electrons. The molecule has 6 heteroatoms. The first kappa shape index (κ1) is 16.8. The van der Waals surface area contributed by atoms with Gasteiger partial charge in [-0.1, -0.05) is 6.92 Å². The highest BCUT2D eigenvalue weighted by Crippen LogP contribution is 2.23. The van der Waals surface area contributed by atoms with E-state index < -0.39 is 5.97 Å². The van der Waals surface area contributed by atoms with Crippen molar-refractivity contribution in [1.29, 1.82) is 0 Å². The highest BCUT2D eigenvalue weighted by Gasteiger charge is 2.20. The average Bonchev–Trinajstić information content (AvgIpc) is 3.11. The molecule has 0 saturated heterocycles. The SMILES string of the molecule is CCCn1ccc2cc(NC(=O)c3c(C)coc3CC(=O)O)ccc21. The van der Waals surface area contributed by atoms with Gasteiger partial charge in [0.05, 0.1) is 11.8 Å². The number of aryl methyl sites for hydroxylation is 2. The van der Waals surface area contributed by atoms with Gasteiger partial charge in [0.2, 0.25) is 0 Å². The van der Waals surface area contributed by atoms with E-state index in [0.717, 1.165) is 23.9 Å². The van der Waals surface area contributed by atoms with E-state index in [9.17, 15) is 9.59 Å². The van der Waals surface area contributed by atoms with E-state index in [4.69, 9.17) is 9.52 Å². The largest absolute Gasteiger partial charge is 0.481 e. The van der Waals surface area contributed by atoms with Gasteiger partial charge in [0.15, 0.2) is 0 Å². The number of benzene rings is 1. The highest BCUT2D eigenvalue weighted by molar-refractivity contribution is 6.07. The Balaban J connectivity index is 1.85. The van der Waals surface area contributed by atoms with Crippen molar-refractivity contribution in [2.45, 2.75) is 33.2 Å². The van der Waals surface area contributed by atoms with Gasteiger partial charge < -0.3 is 19.4 Å². The van der Waals surface area contributed by atoms with Gasteiger partial charge in [0.1, 0.15) is 12.2 Å². The van der Waals surface area contributed by atoms with Crippen molar-refractivity contribution in [3.8, 4) is 0 Å². The van der Waals surface area contributed by atoms with Crippen molar-refractivity contribution in [1.82, 2.24) is 4.57 Å². The van der Waals surface area contributed by atoms with Crippen LogP contribution in [0.2, 0.25) is 0 Å². The zero-order valence-corrected chi connectivity index (χ0v) is 14.2. The summed E-state index contributed by atoms with van der Waals surface area (Å²) in [5, 5.41) is 12.8. The molecule has 0 aliphatic heterocycles. The Morgan fingerprint density at radius 3 is 2.80 bits per heavy atom. The highest BCUT2D eigenvalue weighted by atomic mass is 16.4. The number of hydrogen-bond donors (Lipinski definition) is 2. The van der Waals surface area contributed by atoms with E-state index in [1.165, 1.54) is 6.26 Å². The number of carbonyl (C=O) groups excluding carboxylic acids is 1. The van der Waals surface area contributed by atoms with Crippen LogP contribution in [0.4, 0.5) is 5.69 Å². The Hall–Kier alpha value is -3.02. The van der Waals surface area contributed by atoms with Gasteiger partial charge in [-0.15, -0.1) is 0 Å². The third-order valence-electron chi connectivity index (χ3n) is 4.08. The second-order valence-electron chi connectivity index (χ2n) is 6.02. The second-order valence-corrected chi connectivity index (χ2v) is 6.02. The Kier molecular flexibility index (Phi) is 4.61. The van der Waals surface area contributed by atoms with E-state index >= 15 is 0 Å². The summed E-state index contributed by atoms with van der Waals surface area (Å²) in [7, 11) is 0. The molecule has 1 aromatic carbocycles. The molecule has 0 radical (unpaired) electrons. The number of nitrogens with zero attached hydrogens (tertiary/aromatic N) is 1. The molecule has 3 aromatic rings. The monoisotopic (exact) mass is 340 g/mol. The molecule has 0 aliphatic rings. The van der Waals surface area contributed by atoms with Crippen LogP contribution in [-0.2, 0) is 17.8 Å². The molecule has 2 N–H and O–H groups in total. The van der Waals surface area contributed by atoms with Gasteiger partial charge in [0, 0.05) is 34.9 Å². The minimum atomic E-state index is -1.04. The lowest BCUT2D eigenvalue weighted by molar-refractivity contribution is -0.136. The third kappa shape index (κ3) is 3.42. The smallest absolute Gasteiger partial charge is 0.311 e. The van der Waals surface area contributed by atoms with Crippen LogP contribution in [0.1, 0.15) is 35.0 Å². The minimum Gasteiger partial charge on any atom is -0.481 e. The number of rotatable bonds is 6. The molecule has 6 nitrogen and oxygen atoms in total. The van der Waals surface area contributed by atoms with Crippen LogP contribution in [0.15, 0.2) is 41.1 Å². The van der Waals surface area contributed by atoms with Crippen molar-refractivity contribution in [3.05, 3.63) is 53.6 Å². The minimum absolute atomic E-state index is 0.165. The molecular formula is C19H20N2O4. The van der Waals surface area contributed by atoms with Crippen LogP contribution in [0.25, 0.3) is 10.9 Å².